The molecule has 0 spiro atoms. The minimum Gasteiger partial charge on any atom is -0.336 e. The minimum atomic E-state index is -0.247. The fourth-order valence-electron chi connectivity index (χ4n) is 2.89. The van der Waals surface area contributed by atoms with E-state index in [2.05, 4.69) is 21.0 Å². The fourth-order valence-corrected chi connectivity index (χ4v) is 2.89. The van der Waals surface area contributed by atoms with Crippen LogP contribution in [0.5, 0.6) is 0 Å². The number of hydrogen-bond acceptors (Lipinski definition) is 5. The summed E-state index contributed by atoms with van der Waals surface area (Å²) in [5, 5.41) is 12.8. The van der Waals surface area contributed by atoms with Crippen LogP contribution >= 0.6 is 0 Å². The van der Waals surface area contributed by atoms with E-state index in [1.165, 1.54) is 0 Å². The minimum absolute atomic E-state index is 0.0321. The Bertz CT molecular complexity index is 817. The lowest BCUT2D eigenvalue weighted by Gasteiger charge is -2.23. The van der Waals surface area contributed by atoms with Gasteiger partial charge >= 0.3 is 6.03 Å². The number of benzene rings is 1. The maximum atomic E-state index is 12.2. The second kappa shape index (κ2) is 10.6. The van der Waals surface area contributed by atoms with Gasteiger partial charge in [-0.1, -0.05) is 12.1 Å². The highest BCUT2D eigenvalue weighted by Crippen LogP contribution is 2.16. The normalized spacial score (nSPS) is 12.1. The van der Waals surface area contributed by atoms with E-state index in [-0.39, 0.29) is 18.0 Å². The van der Waals surface area contributed by atoms with Crippen molar-refractivity contribution in [1.82, 2.24) is 30.2 Å². The topological polar surface area (TPSA) is 94.5 Å². The Hall–Kier alpha value is -2.91. The van der Waals surface area contributed by atoms with Crippen LogP contribution < -0.4 is 16.0 Å². The average molecular weight is 402 g/mol. The summed E-state index contributed by atoms with van der Waals surface area (Å²) in [6.45, 7) is 1.14. The molecule has 0 aliphatic carbocycles. The Morgan fingerprint density at radius 2 is 1.93 bits per heavy atom. The number of aryl methyl sites for hydroxylation is 1. The van der Waals surface area contributed by atoms with Crippen LogP contribution in [0.4, 0.5) is 10.5 Å². The number of carbonyl (C=O) groups is 2. The molecule has 1 unspecified atom stereocenters. The van der Waals surface area contributed by atoms with E-state index >= 15 is 0 Å². The van der Waals surface area contributed by atoms with Crippen molar-refractivity contribution < 1.29 is 9.59 Å². The van der Waals surface area contributed by atoms with Crippen LogP contribution in [0.3, 0.4) is 0 Å². The average Bonchev–Trinajstić information content (AvgIpc) is 3.05. The van der Waals surface area contributed by atoms with Gasteiger partial charge in [0.2, 0.25) is 5.91 Å². The largest absolute Gasteiger partial charge is 0.336 e. The molecular formula is C20H31N7O2. The Kier molecular flexibility index (Phi) is 8.17. The van der Waals surface area contributed by atoms with E-state index in [1.807, 2.05) is 70.6 Å². The number of hydrogen-bond donors (Lipinski definition) is 3. The molecule has 1 atom stereocenters. The van der Waals surface area contributed by atoms with Crippen molar-refractivity contribution in [3.05, 3.63) is 47.8 Å². The van der Waals surface area contributed by atoms with E-state index in [1.54, 1.807) is 15.8 Å². The lowest BCUT2D eigenvalue weighted by molar-refractivity contribution is -0.116. The van der Waals surface area contributed by atoms with E-state index in [9.17, 15) is 9.59 Å². The van der Waals surface area contributed by atoms with Gasteiger partial charge in [0.25, 0.3) is 0 Å². The summed E-state index contributed by atoms with van der Waals surface area (Å²) in [6, 6.07) is 7.22. The Labute approximate surface area is 172 Å². The summed E-state index contributed by atoms with van der Waals surface area (Å²) >= 11 is 0. The first kappa shape index (κ1) is 22.4. The number of likely N-dealkylation sites (N-methyl/N-ethyl adjacent to an activating group) is 2. The first-order valence-electron chi connectivity index (χ1n) is 9.44. The molecule has 0 saturated carbocycles. The van der Waals surface area contributed by atoms with Crippen molar-refractivity contribution in [2.75, 3.05) is 46.6 Å². The summed E-state index contributed by atoms with van der Waals surface area (Å²) in [7, 11) is 9.48. The Morgan fingerprint density at radius 3 is 2.55 bits per heavy atom. The van der Waals surface area contributed by atoms with Gasteiger partial charge in [0.15, 0.2) is 0 Å². The molecule has 1 heterocycles. The first-order valence-corrected chi connectivity index (χ1v) is 9.44. The van der Waals surface area contributed by atoms with Crippen molar-refractivity contribution in [2.24, 2.45) is 7.05 Å². The number of aromatic nitrogens is 2. The Morgan fingerprint density at radius 1 is 1.17 bits per heavy atom. The summed E-state index contributed by atoms with van der Waals surface area (Å²) in [4.78, 5) is 27.9. The van der Waals surface area contributed by atoms with Crippen LogP contribution in [0.2, 0.25) is 0 Å². The fraction of sp³-hybridized carbons (Fsp3) is 0.450. The number of urea groups is 1. The maximum absolute atomic E-state index is 12.2. The molecule has 0 bridgehead atoms. The number of nitrogens with one attached hydrogen (secondary N) is 3. The standard InChI is InChI=1S/C20H31N7O2/c1-25(2)14-19(28)24-17-8-6-7-15(9-17)10-21-20(29)22-12-18(26(3)4)16-11-23-27(5)13-16/h6-9,11,13,18H,10,12,14H2,1-5H3,(H,24,28)(H2,21,22,29). The molecule has 1 aromatic carbocycles. The molecule has 0 fully saturated rings. The SMILES string of the molecule is CN(C)CC(=O)Nc1cccc(CNC(=O)NCC(c2cnn(C)c2)N(C)C)c1. The predicted molar refractivity (Wildman–Crippen MR) is 114 cm³/mol. The highest BCUT2D eigenvalue weighted by molar-refractivity contribution is 5.92. The lowest BCUT2D eigenvalue weighted by Crippen LogP contribution is -2.40. The molecular weight excluding hydrogens is 370 g/mol. The molecule has 29 heavy (non-hydrogen) atoms. The molecule has 0 saturated heterocycles. The van der Waals surface area contributed by atoms with Crippen LogP contribution in [-0.2, 0) is 18.4 Å². The van der Waals surface area contributed by atoms with Gasteiger partial charge in [0, 0.05) is 37.6 Å². The zero-order valence-corrected chi connectivity index (χ0v) is 17.8. The molecule has 9 heteroatoms. The summed E-state index contributed by atoms with van der Waals surface area (Å²) in [6.07, 6.45) is 3.75. The maximum Gasteiger partial charge on any atom is 0.315 e. The van der Waals surface area contributed by atoms with Gasteiger partial charge in [-0.2, -0.15) is 5.10 Å². The molecule has 2 aromatic rings. The van der Waals surface area contributed by atoms with Crippen molar-refractivity contribution in [3.8, 4) is 0 Å². The van der Waals surface area contributed by atoms with Gasteiger partial charge in [-0.3, -0.25) is 9.48 Å². The molecule has 0 aliphatic heterocycles. The first-order chi connectivity index (χ1) is 13.7. The third-order valence-corrected chi connectivity index (χ3v) is 4.31. The number of amides is 3. The van der Waals surface area contributed by atoms with Gasteiger partial charge in [0.1, 0.15) is 0 Å². The molecule has 3 N–H and O–H groups in total. The highest BCUT2D eigenvalue weighted by atomic mass is 16.2. The smallest absolute Gasteiger partial charge is 0.315 e. The third-order valence-electron chi connectivity index (χ3n) is 4.31. The van der Waals surface area contributed by atoms with Crippen molar-refractivity contribution in [2.45, 2.75) is 12.6 Å². The van der Waals surface area contributed by atoms with E-state index in [0.717, 1.165) is 11.1 Å². The zero-order chi connectivity index (χ0) is 21.4. The van der Waals surface area contributed by atoms with Crippen LogP contribution in [0.15, 0.2) is 36.7 Å². The number of rotatable bonds is 9. The van der Waals surface area contributed by atoms with Crippen molar-refractivity contribution >= 4 is 17.6 Å². The van der Waals surface area contributed by atoms with Gasteiger partial charge in [-0.25, -0.2) is 4.79 Å². The summed E-state index contributed by atoms with van der Waals surface area (Å²) < 4.78 is 1.75. The molecule has 2 rings (SSSR count). The van der Waals surface area contributed by atoms with Gasteiger partial charge < -0.3 is 25.8 Å². The van der Waals surface area contributed by atoms with Gasteiger partial charge in [-0.15, -0.1) is 0 Å². The third kappa shape index (κ3) is 7.55. The molecule has 9 nitrogen and oxygen atoms in total. The van der Waals surface area contributed by atoms with E-state index in [4.69, 9.17) is 0 Å². The van der Waals surface area contributed by atoms with Crippen LogP contribution in [0, 0.1) is 0 Å². The molecule has 158 valence electrons. The number of nitrogens with zero attached hydrogens (tertiary/aromatic N) is 4. The molecule has 0 aliphatic rings. The quantitative estimate of drug-likeness (QED) is 0.583. The molecule has 1 aromatic heterocycles. The van der Waals surface area contributed by atoms with E-state index < -0.39 is 0 Å². The zero-order valence-electron chi connectivity index (χ0n) is 17.8. The second-order valence-corrected chi connectivity index (χ2v) is 7.48. The van der Waals surface area contributed by atoms with Gasteiger partial charge in [-0.05, 0) is 45.9 Å². The monoisotopic (exact) mass is 401 g/mol. The van der Waals surface area contributed by atoms with E-state index in [0.29, 0.717) is 25.3 Å². The van der Waals surface area contributed by atoms with Crippen LogP contribution in [-0.4, -0.2) is 72.8 Å². The van der Waals surface area contributed by atoms with Crippen LogP contribution in [0.25, 0.3) is 0 Å². The Balaban J connectivity index is 1.84. The summed E-state index contributed by atoms with van der Waals surface area (Å²) in [5.74, 6) is -0.0806. The van der Waals surface area contributed by atoms with Crippen molar-refractivity contribution in [3.63, 3.8) is 0 Å². The number of anilines is 1. The number of carbonyl (C=O) groups excluding carboxylic acids is 2. The van der Waals surface area contributed by atoms with Crippen molar-refractivity contribution in [1.29, 1.82) is 0 Å². The molecule has 0 radical (unpaired) electrons. The second-order valence-electron chi connectivity index (χ2n) is 7.48. The molecule has 3 amide bonds. The summed E-state index contributed by atoms with van der Waals surface area (Å²) in [5.41, 5.74) is 2.65. The van der Waals surface area contributed by atoms with Crippen LogP contribution in [0.1, 0.15) is 17.2 Å². The highest BCUT2D eigenvalue weighted by Gasteiger charge is 2.16. The predicted octanol–water partition coefficient (Wildman–Crippen LogP) is 1.02. The van der Waals surface area contributed by atoms with Gasteiger partial charge in [0.05, 0.1) is 18.8 Å². The lowest BCUT2D eigenvalue weighted by atomic mass is 10.1.